The second kappa shape index (κ2) is 5.16. The Bertz CT molecular complexity index is 682. The number of nitrogens with zero attached hydrogens (tertiary/aromatic N) is 4. The number of halogens is 1. The van der Waals surface area contributed by atoms with Gasteiger partial charge in [0.2, 0.25) is 0 Å². The SMILES string of the molecule is Cn1ccc(Cn2ccnc2-c2ccc(I)cc2)n1. The molecule has 19 heavy (non-hydrogen) atoms. The summed E-state index contributed by atoms with van der Waals surface area (Å²) in [5.41, 5.74) is 2.16. The molecule has 0 amide bonds. The summed E-state index contributed by atoms with van der Waals surface area (Å²) in [6.45, 7) is 0.738. The highest BCUT2D eigenvalue weighted by atomic mass is 127. The third-order valence-corrected chi connectivity index (χ3v) is 3.64. The van der Waals surface area contributed by atoms with Crippen LogP contribution in [-0.4, -0.2) is 19.3 Å². The zero-order chi connectivity index (χ0) is 13.2. The molecule has 3 aromatic rings. The number of hydrogen-bond acceptors (Lipinski definition) is 2. The number of aryl methyl sites for hydroxylation is 1. The van der Waals surface area contributed by atoms with Gasteiger partial charge >= 0.3 is 0 Å². The Morgan fingerprint density at radius 2 is 1.89 bits per heavy atom. The Labute approximate surface area is 125 Å². The average Bonchev–Trinajstić information content (AvgIpc) is 3.00. The molecule has 0 aliphatic rings. The summed E-state index contributed by atoms with van der Waals surface area (Å²) in [6, 6.07) is 10.4. The van der Waals surface area contributed by atoms with Gasteiger partial charge in [0.25, 0.3) is 0 Å². The van der Waals surface area contributed by atoms with Gasteiger partial charge in [0, 0.05) is 34.8 Å². The summed E-state index contributed by atoms with van der Waals surface area (Å²) >= 11 is 2.30. The molecule has 2 heterocycles. The highest BCUT2D eigenvalue weighted by Crippen LogP contribution is 2.19. The smallest absolute Gasteiger partial charge is 0.140 e. The van der Waals surface area contributed by atoms with Crippen LogP contribution in [0, 0.1) is 3.57 Å². The summed E-state index contributed by atoms with van der Waals surface area (Å²) in [5.74, 6) is 0.974. The first-order valence-corrected chi connectivity index (χ1v) is 7.06. The average molecular weight is 364 g/mol. The Balaban J connectivity index is 1.92. The van der Waals surface area contributed by atoms with Gasteiger partial charge in [-0.05, 0) is 40.8 Å². The summed E-state index contributed by atoms with van der Waals surface area (Å²) in [7, 11) is 1.93. The van der Waals surface area contributed by atoms with Gasteiger partial charge in [-0.15, -0.1) is 0 Å². The van der Waals surface area contributed by atoms with E-state index < -0.39 is 0 Å². The lowest BCUT2D eigenvalue weighted by atomic mass is 10.2. The molecule has 5 heteroatoms. The fourth-order valence-corrected chi connectivity index (χ4v) is 2.38. The van der Waals surface area contributed by atoms with Crippen LogP contribution in [0.3, 0.4) is 0 Å². The monoisotopic (exact) mass is 364 g/mol. The number of hydrogen-bond donors (Lipinski definition) is 0. The fourth-order valence-electron chi connectivity index (χ4n) is 2.02. The highest BCUT2D eigenvalue weighted by molar-refractivity contribution is 14.1. The molecule has 0 fully saturated rings. The standard InChI is InChI=1S/C14H13IN4/c1-18-8-6-13(17-18)10-19-9-7-16-14(19)11-2-4-12(15)5-3-11/h2-9H,10H2,1H3. The van der Waals surface area contributed by atoms with Crippen molar-refractivity contribution in [2.75, 3.05) is 0 Å². The van der Waals surface area contributed by atoms with Crippen molar-refractivity contribution in [3.63, 3.8) is 0 Å². The van der Waals surface area contributed by atoms with Gasteiger partial charge in [0.15, 0.2) is 0 Å². The second-order valence-electron chi connectivity index (χ2n) is 4.37. The maximum atomic E-state index is 4.45. The lowest BCUT2D eigenvalue weighted by molar-refractivity contribution is 0.709. The van der Waals surface area contributed by atoms with Crippen LogP contribution in [0.25, 0.3) is 11.4 Å². The molecule has 96 valence electrons. The molecule has 3 rings (SSSR count). The van der Waals surface area contributed by atoms with E-state index in [0.29, 0.717) is 0 Å². The Kier molecular flexibility index (Phi) is 3.37. The van der Waals surface area contributed by atoms with Crippen LogP contribution in [0.1, 0.15) is 5.69 Å². The first-order chi connectivity index (χ1) is 9.22. The van der Waals surface area contributed by atoms with Crippen molar-refractivity contribution in [3.05, 3.63) is 58.2 Å². The van der Waals surface area contributed by atoms with Crippen molar-refractivity contribution in [2.45, 2.75) is 6.54 Å². The summed E-state index contributed by atoms with van der Waals surface area (Å²) < 4.78 is 5.16. The van der Waals surface area contributed by atoms with Crippen LogP contribution in [0.2, 0.25) is 0 Å². The largest absolute Gasteiger partial charge is 0.325 e. The van der Waals surface area contributed by atoms with Crippen LogP contribution in [0.4, 0.5) is 0 Å². The van der Waals surface area contributed by atoms with Gasteiger partial charge in [-0.25, -0.2) is 4.98 Å². The van der Waals surface area contributed by atoms with E-state index in [0.717, 1.165) is 23.6 Å². The van der Waals surface area contributed by atoms with Gasteiger partial charge in [-0.3, -0.25) is 4.68 Å². The summed E-state index contributed by atoms with van der Waals surface area (Å²) in [4.78, 5) is 4.45. The minimum absolute atomic E-state index is 0.738. The first-order valence-electron chi connectivity index (χ1n) is 5.98. The summed E-state index contributed by atoms with van der Waals surface area (Å²) in [5, 5.41) is 4.40. The van der Waals surface area contributed by atoms with Gasteiger partial charge < -0.3 is 4.57 Å². The summed E-state index contributed by atoms with van der Waals surface area (Å²) in [6.07, 6.45) is 5.77. The molecule has 0 aliphatic heterocycles. The molecule has 0 unspecified atom stereocenters. The topological polar surface area (TPSA) is 35.6 Å². The van der Waals surface area contributed by atoms with E-state index in [1.165, 1.54) is 3.57 Å². The van der Waals surface area contributed by atoms with Crippen molar-refractivity contribution in [2.24, 2.45) is 7.05 Å². The number of aromatic nitrogens is 4. The third kappa shape index (κ3) is 2.70. The highest BCUT2D eigenvalue weighted by Gasteiger charge is 2.07. The van der Waals surface area contributed by atoms with Crippen molar-refractivity contribution < 1.29 is 0 Å². The Morgan fingerprint density at radius 3 is 2.58 bits per heavy atom. The van der Waals surface area contributed by atoms with Crippen LogP contribution in [0.5, 0.6) is 0 Å². The van der Waals surface area contributed by atoms with Crippen molar-refractivity contribution >= 4 is 22.6 Å². The van der Waals surface area contributed by atoms with Gasteiger partial charge in [-0.2, -0.15) is 5.10 Å². The number of imidazole rings is 1. The molecule has 0 radical (unpaired) electrons. The minimum atomic E-state index is 0.738. The van der Waals surface area contributed by atoms with E-state index in [4.69, 9.17) is 0 Å². The molecule has 0 bridgehead atoms. The quantitative estimate of drug-likeness (QED) is 0.670. The molecule has 0 spiro atoms. The molecule has 0 atom stereocenters. The van der Waals surface area contributed by atoms with Gasteiger partial charge in [0.1, 0.15) is 5.82 Å². The molecule has 0 N–H and O–H groups in total. The lowest BCUT2D eigenvalue weighted by Crippen LogP contribution is -2.02. The zero-order valence-electron chi connectivity index (χ0n) is 10.5. The zero-order valence-corrected chi connectivity index (χ0v) is 12.7. The minimum Gasteiger partial charge on any atom is -0.325 e. The molecule has 0 aliphatic carbocycles. The van der Waals surface area contributed by atoms with Gasteiger partial charge in [-0.1, -0.05) is 12.1 Å². The van der Waals surface area contributed by atoms with Crippen LogP contribution >= 0.6 is 22.6 Å². The third-order valence-electron chi connectivity index (χ3n) is 2.92. The lowest BCUT2D eigenvalue weighted by Gasteiger charge is -2.06. The normalized spacial score (nSPS) is 10.8. The second-order valence-corrected chi connectivity index (χ2v) is 5.61. The molecule has 2 aromatic heterocycles. The predicted molar refractivity (Wildman–Crippen MR) is 82.7 cm³/mol. The van der Waals surface area contributed by atoms with Crippen LogP contribution < -0.4 is 0 Å². The van der Waals surface area contributed by atoms with E-state index in [9.17, 15) is 0 Å². The van der Waals surface area contributed by atoms with E-state index in [1.54, 1.807) is 0 Å². The first kappa shape index (κ1) is 12.4. The van der Waals surface area contributed by atoms with Crippen LogP contribution in [-0.2, 0) is 13.6 Å². The Morgan fingerprint density at radius 1 is 1.11 bits per heavy atom. The van der Waals surface area contributed by atoms with E-state index in [-0.39, 0.29) is 0 Å². The molecule has 0 saturated carbocycles. The molecule has 4 nitrogen and oxygen atoms in total. The molecule has 0 saturated heterocycles. The maximum absolute atomic E-state index is 4.45. The Hall–Kier alpha value is -1.63. The molecule has 1 aromatic carbocycles. The fraction of sp³-hybridized carbons (Fsp3) is 0.143. The number of rotatable bonds is 3. The van der Waals surface area contributed by atoms with Crippen molar-refractivity contribution in [3.8, 4) is 11.4 Å². The van der Waals surface area contributed by atoms with E-state index in [1.807, 2.05) is 36.4 Å². The molecular weight excluding hydrogens is 351 g/mol. The maximum Gasteiger partial charge on any atom is 0.140 e. The van der Waals surface area contributed by atoms with E-state index in [2.05, 4.69) is 61.5 Å². The predicted octanol–water partition coefficient (Wildman–Crippen LogP) is 2.94. The van der Waals surface area contributed by atoms with Crippen molar-refractivity contribution in [1.82, 2.24) is 19.3 Å². The van der Waals surface area contributed by atoms with Crippen LogP contribution in [0.15, 0.2) is 48.9 Å². The van der Waals surface area contributed by atoms with Crippen molar-refractivity contribution in [1.29, 1.82) is 0 Å². The molecular formula is C14H13IN4. The number of benzene rings is 1. The van der Waals surface area contributed by atoms with E-state index >= 15 is 0 Å². The van der Waals surface area contributed by atoms with Gasteiger partial charge in [0.05, 0.1) is 12.2 Å².